The van der Waals surface area contributed by atoms with Crippen molar-refractivity contribution in [2.45, 2.75) is 32.7 Å². The van der Waals surface area contributed by atoms with Gasteiger partial charge in [0.1, 0.15) is 0 Å². The summed E-state index contributed by atoms with van der Waals surface area (Å²) >= 11 is 0. The molecule has 1 aliphatic heterocycles. The van der Waals surface area contributed by atoms with E-state index in [4.69, 9.17) is 5.11 Å². The third kappa shape index (κ3) is 4.22. The number of nitrogens with zero attached hydrogens (tertiary/aromatic N) is 1. The summed E-state index contributed by atoms with van der Waals surface area (Å²) in [5.74, 6) is 0.709. The second-order valence-electron chi connectivity index (χ2n) is 5.81. The summed E-state index contributed by atoms with van der Waals surface area (Å²) in [6, 6.07) is 9.29. The van der Waals surface area contributed by atoms with E-state index < -0.39 is 0 Å². The number of nitrogens with one attached hydrogen (secondary N) is 1. The predicted octanol–water partition coefficient (Wildman–Crippen LogP) is 2.18. The molecule has 2 atom stereocenters. The van der Waals surface area contributed by atoms with Crippen molar-refractivity contribution < 1.29 is 5.11 Å². The predicted molar refractivity (Wildman–Crippen MR) is 80.7 cm³/mol. The summed E-state index contributed by atoms with van der Waals surface area (Å²) in [6.45, 7) is 7.86. The molecule has 0 aromatic heterocycles. The Hall–Kier alpha value is -1.06. The fourth-order valence-electron chi connectivity index (χ4n) is 2.92. The highest BCUT2D eigenvalue weighted by molar-refractivity contribution is 5.49. The first kappa shape index (κ1) is 14.4. The van der Waals surface area contributed by atoms with Crippen molar-refractivity contribution in [2.24, 2.45) is 5.92 Å². The second-order valence-corrected chi connectivity index (χ2v) is 5.81. The van der Waals surface area contributed by atoms with Crippen LogP contribution in [0.15, 0.2) is 24.3 Å². The molecule has 0 aliphatic carbocycles. The van der Waals surface area contributed by atoms with Crippen LogP contribution in [0.2, 0.25) is 0 Å². The Morgan fingerprint density at radius 1 is 1.37 bits per heavy atom. The van der Waals surface area contributed by atoms with Gasteiger partial charge in [0.15, 0.2) is 0 Å². The van der Waals surface area contributed by atoms with Gasteiger partial charge in [-0.3, -0.25) is 0 Å². The minimum absolute atomic E-state index is 0.275. The summed E-state index contributed by atoms with van der Waals surface area (Å²) in [6.07, 6.45) is 2.07. The standard InChI is InChI=1S/C16H26N2O/c1-13-5-3-6-16(10-13)18-11-14(2)9-15(12-18)17-7-4-8-19/h3,5-6,10,14-15,17,19H,4,7-9,11-12H2,1-2H3. The normalized spacial score (nSPS) is 23.6. The van der Waals surface area contributed by atoms with E-state index in [-0.39, 0.29) is 6.61 Å². The molecule has 106 valence electrons. The zero-order chi connectivity index (χ0) is 13.7. The Kier molecular flexibility index (Phi) is 5.23. The highest BCUT2D eigenvalue weighted by Gasteiger charge is 2.24. The van der Waals surface area contributed by atoms with Gasteiger partial charge in [-0.15, -0.1) is 0 Å². The lowest BCUT2D eigenvalue weighted by atomic mass is 9.95. The lowest BCUT2D eigenvalue weighted by Gasteiger charge is -2.38. The fraction of sp³-hybridized carbons (Fsp3) is 0.625. The maximum atomic E-state index is 8.86. The number of hydrogen-bond donors (Lipinski definition) is 2. The molecule has 1 aromatic carbocycles. The van der Waals surface area contributed by atoms with Crippen LogP contribution in [-0.2, 0) is 0 Å². The minimum atomic E-state index is 0.275. The average Bonchev–Trinajstić information content (AvgIpc) is 2.38. The van der Waals surface area contributed by atoms with Crippen LogP contribution in [0.4, 0.5) is 5.69 Å². The van der Waals surface area contributed by atoms with Gasteiger partial charge in [0.05, 0.1) is 0 Å². The van der Waals surface area contributed by atoms with Gasteiger partial charge in [-0.25, -0.2) is 0 Å². The van der Waals surface area contributed by atoms with Crippen molar-refractivity contribution in [3.05, 3.63) is 29.8 Å². The van der Waals surface area contributed by atoms with Gasteiger partial charge in [-0.05, 0) is 49.9 Å². The average molecular weight is 262 g/mol. The van der Waals surface area contributed by atoms with Crippen LogP contribution >= 0.6 is 0 Å². The molecule has 1 heterocycles. The number of aliphatic hydroxyl groups is 1. The molecule has 1 aliphatic rings. The Labute approximate surface area is 116 Å². The Morgan fingerprint density at radius 3 is 2.95 bits per heavy atom. The summed E-state index contributed by atoms with van der Waals surface area (Å²) in [4.78, 5) is 2.48. The van der Waals surface area contributed by atoms with Crippen molar-refractivity contribution in [3.63, 3.8) is 0 Å². The highest BCUT2D eigenvalue weighted by Crippen LogP contribution is 2.23. The molecular weight excluding hydrogens is 236 g/mol. The quantitative estimate of drug-likeness (QED) is 0.798. The van der Waals surface area contributed by atoms with Crippen molar-refractivity contribution in [1.29, 1.82) is 0 Å². The molecule has 1 aromatic rings. The van der Waals surface area contributed by atoms with Crippen LogP contribution in [0.1, 0.15) is 25.3 Å². The van der Waals surface area contributed by atoms with E-state index in [0.29, 0.717) is 12.0 Å². The first-order valence-corrected chi connectivity index (χ1v) is 7.35. The monoisotopic (exact) mass is 262 g/mol. The molecule has 2 unspecified atom stereocenters. The van der Waals surface area contributed by atoms with Crippen LogP contribution in [0.25, 0.3) is 0 Å². The minimum Gasteiger partial charge on any atom is -0.396 e. The molecule has 0 saturated carbocycles. The van der Waals surface area contributed by atoms with Gasteiger partial charge in [-0.2, -0.15) is 0 Å². The number of hydrogen-bond acceptors (Lipinski definition) is 3. The van der Waals surface area contributed by atoms with Crippen molar-refractivity contribution >= 4 is 5.69 Å². The molecular formula is C16H26N2O. The Morgan fingerprint density at radius 2 is 2.21 bits per heavy atom. The van der Waals surface area contributed by atoms with Crippen LogP contribution in [-0.4, -0.2) is 37.4 Å². The van der Waals surface area contributed by atoms with Gasteiger partial charge in [-0.1, -0.05) is 19.1 Å². The topological polar surface area (TPSA) is 35.5 Å². The number of benzene rings is 1. The van der Waals surface area contributed by atoms with Crippen LogP contribution in [0.3, 0.4) is 0 Å². The molecule has 1 fully saturated rings. The van der Waals surface area contributed by atoms with Crippen molar-refractivity contribution in [1.82, 2.24) is 5.32 Å². The number of aliphatic hydroxyl groups excluding tert-OH is 1. The van der Waals surface area contributed by atoms with Gasteiger partial charge >= 0.3 is 0 Å². The van der Waals surface area contributed by atoms with Gasteiger partial charge in [0.25, 0.3) is 0 Å². The molecule has 3 heteroatoms. The second kappa shape index (κ2) is 6.92. The molecule has 2 N–H and O–H groups in total. The first-order valence-electron chi connectivity index (χ1n) is 7.35. The third-order valence-corrected chi connectivity index (χ3v) is 3.79. The summed E-state index contributed by atoms with van der Waals surface area (Å²) in [7, 11) is 0. The lowest BCUT2D eigenvalue weighted by molar-refractivity contribution is 0.276. The van der Waals surface area contributed by atoms with E-state index in [1.54, 1.807) is 0 Å². The Balaban J connectivity index is 1.97. The summed E-state index contributed by atoms with van der Waals surface area (Å²) in [5.41, 5.74) is 2.65. The number of anilines is 1. The molecule has 2 rings (SSSR count). The molecule has 0 radical (unpaired) electrons. The van der Waals surface area contributed by atoms with E-state index >= 15 is 0 Å². The number of piperidine rings is 1. The highest BCUT2D eigenvalue weighted by atomic mass is 16.3. The number of aryl methyl sites for hydroxylation is 1. The number of rotatable bonds is 5. The summed E-state index contributed by atoms with van der Waals surface area (Å²) in [5, 5.41) is 12.4. The van der Waals surface area contributed by atoms with Gasteiger partial charge in [0.2, 0.25) is 0 Å². The van der Waals surface area contributed by atoms with Gasteiger partial charge < -0.3 is 15.3 Å². The van der Waals surface area contributed by atoms with Crippen molar-refractivity contribution in [3.8, 4) is 0 Å². The van der Waals surface area contributed by atoms with Crippen LogP contribution in [0, 0.1) is 12.8 Å². The molecule has 1 saturated heterocycles. The molecule has 0 amide bonds. The third-order valence-electron chi connectivity index (χ3n) is 3.79. The fourth-order valence-corrected chi connectivity index (χ4v) is 2.92. The van der Waals surface area contributed by atoms with E-state index in [1.807, 2.05) is 0 Å². The summed E-state index contributed by atoms with van der Waals surface area (Å²) < 4.78 is 0. The van der Waals surface area contributed by atoms with Gasteiger partial charge in [0, 0.05) is 31.4 Å². The van der Waals surface area contributed by atoms with Crippen molar-refractivity contribution in [2.75, 3.05) is 31.1 Å². The maximum Gasteiger partial charge on any atom is 0.0443 e. The van der Waals surface area contributed by atoms with E-state index in [9.17, 15) is 0 Å². The zero-order valence-electron chi connectivity index (χ0n) is 12.1. The molecule has 3 nitrogen and oxygen atoms in total. The lowest BCUT2D eigenvalue weighted by Crippen LogP contribution is -2.49. The van der Waals surface area contributed by atoms with Crippen LogP contribution in [0.5, 0.6) is 0 Å². The molecule has 0 bridgehead atoms. The van der Waals surface area contributed by atoms with E-state index in [0.717, 1.165) is 26.1 Å². The maximum absolute atomic E-state index is 8.86. The SMILES string of the molecule is Cc1cccc(N2CC(C)CC(NCCCO)C2)c1. The van der Waals surface area contributed by atoms with Crippen LogP contribution < -0.4 is 10.2 Å². The molecule has 19 heavy (non-hydrogen) atoms. The zero-order valence-corrected chi connectivity index (χ0v) is 12.1. The van der Waals surface area contributed by atoms with E-state index in [2.05, 4.69) is 48.3 Å². The largest absolute Gasteiger partial charge is 0.396 e. The Bertz CT molecular complexity index is 394. The smallest absolute Gasteiger partial charge is 0.0443 e. The molecule has 0 spiro atoms. The first-order chi connectivity index (χ1) is 9.19. The van der Waals surface area contributed by atoms with E-state index in [1.165, 1.54) is 17.7 Å².